The lowest BCUT2D eigenvalue weighted by molar-refractivity contribution is -0.159. The Morgan fingerprint density at radius 3 is 2.59 bits per heavy atom. The number of hydrogen-bond acceptors (Lipinski definition) is 6. The quantitative estimate of drug-likeness (QED) is 0.328. The number of nitrogens with one attached hydrogen (secondary N) is 1. The predicted octanol–water partition coefficient (Wildman–Crippen LogP) is 2.17. The maximum atomic E-state index is 13.7. The van der Waals surface area contributed by atoms with Crippen molar-refractivity contribution in [3.05, 3.63) is 0 Å². The number of hydrogen-bond donors (Lipinski definition) is 2. The lowest BCUT2D eigenvalue weighted by Crippen LogP contribution is -2.55. The van der Waals surface area contributed by atoms with Gasteiger partial charge >= 0.3 is 5.97 Å². The van der Waals surface area contributed by atoms with E-state index in [2.05, 4.69) is 12.2 Å². The number of nitrogens with zero attached hydrogens (tertiary/aromatic N) is 1. The van der Waals surface area contributed by atoms with Crippen LogP contribution in [0, 0.1) is 11.8 Å². The van der Waals surface area contributed by atoms with Gasteiger partial charge in [-0.1, -0.05) is 32.6 Å². The molecule has 0 radical (unpaired) electrons. The molecule has 3 aliphatic heterocycles. The molecule has 0 aromatic rings. The van der Waals surface area contributed by atoms with Gasteiger partial charge in [0.15, 0.2) is 0 Å². The molecule has 1 spiro atoms. The van der Waals surface area contributed by atoms with E-state index in [0.29, 0.717) is 25.9 Å². The molecule has 2 bridgehead atoms. The molecule has 0 aliphatic carbocycles. The largest absolute Gasteiger partial charge is 0.466 e. The summed E-state index contributed by atoms with van der Waals surface area (Å²) < 4.78 is 11.8. The van der Waals surface area contributed by atoms with Crippen LogP contribution in [-0.2, 0) is 23.9 Å². The first-order valence-corrected chi connectivity index (χ1v) is 12.4. The first-order valence-electron chi connectivity index (χ1n) is 12.4. The summed E-state index contributed by atoms with van der Waals surface area (Å²) in [6.45, 7) is 7.17. The van der Waals surface area contributed by atoms with Gasteiger partial charge in [0.1, 0.15) is 17.6 Å². The van der Waals surface area contributed by atoms with E-state index in [9.17, 15) is 14.4 Å². The van der Waals surface area contributed by atoms with Crippen molar-refractivity contribution in [2.45, 2.75) is 95.8 Å². The van der Waals surface area contributed by atoms with Crippen LogP contribution < -0.4 is 5.32 Å². The molecule has 3 aliphatic rings. The standard InChI is InChI=1S/C24H40N2O6/c1-4-6-9-14-25-20(28)19-24-13-12-23(3,32-24)18(22(30)31-5-2)17(24)21(29)26(19)15-10-7-8-11-16-27/h17-19,27H,4-16H2,1-3H3,(H,25,28)/t17-,18+,19?,23-,24?/m0/s1. The van der Waals surface area contributed by atoms with Crippen molar-refractivity contribution < 1.29 is 29.0 Å². The molecule has 8 nitrogen and oxygen atoms in total. The van der Waals surface area contributed by atoms with Crippen molar-refractivity contribution in [3.63, 3.8) is 0 Å². The summed E-state index contributed by atoms with van der Waals surface area (Å²) >= 11 is 0. The summed E-state index contributed by atoms with van der Waals surface area (Å²) in [6.07, 6.45) is 7.42. The highest BCUT2D eigenvalue weighted by molar-refractivity contribution is 5.98. The molecule has 32 heavy (non-hydrogen) atoms. The molecular formula is C24H40N2O6. The fourth-order valence-electron chi connectivity index (χ4n) is 5.99. The Kier molecular flexibility index (Phi) is 8.20. The first-order chi connectivity index (χ1) is 15.4. The van der Waals surface area contributed by atoms with Crippen molar-refractivity contribution in [2.75, 3.05) is 26.3 Å². The molecule has 3 saturated heterocycles. The van der Waals surface area contributed by atoms with Crippen LogP contribution in [0.2, 0.25) is 0 Å². The third-order valence-corrected chi connectivity index (χ3v) is 7.45. The maximum absolute atomic E-state index is 13.7. The molecule has 0 saturated carbocycles. The highest BCUT2D eigenvalue weighted by atomic mass is 16.6. The van der Waals surface area contributed by atoms with E-state index >= 15 is 0 Å². The average Bonchev–Trinajstić information content (AvgIpc) is 3.32. The minimum absolute atomic E-state index is 0.157. The van der Waals surface area contributed by atoms with Crippen LogP contribution in [0.15, 0.2) is 0 Å². The molecule has 0 aromatic heterocycles. The third-order valence-electron chi connectivity index (χ3n) is 7.45. The minimum atomic E-state index is -0.969. The van der Waals surface area contributed by atoms with Gasteiger partial charge in [0.05, 0.1) is 18.1 Å². The molecule has 0 aromatic carbocycles. The summed E-state index contributed by atoms with van der Waals surface area (Å²) in [5.74, 6) is -2.10. The zero-order valence-electron chi connectivity index (χ0n) is 19.9. The number of unbranched alkanes of at least 4 members (excludes halogenated alkanes) is 5. The number of carbonyl (C=O) groups excluding carboxylic acids is 3. The van der Waals surface area contributed by atoms with Gasteiger partial charge in [0.25, 0.3) is 0 Å². The lowest BCUT2D eigenvalue weighted by Gasteiger charge is -2.33. The van der Waals surface area contributed by atoms with E-state index in [4.69, 9.17) is 14.6 Å². The first kappa shape index (κ1) is 25.0. The van der Waals surface area contributed by atoms with Gasteiger partial charge < -0.3 is 24.8 Å². The molecule has 2 N–H and O–H groups in total. The van der Waals surface area contributed by atoms with Crippen molar-refractivity contribution in [3.8, 4) is 0 Å². The maximum Gasteiger partial charge on any atom is 0.312 e. The molecular weight excluding hydrogens is 412 g/mol. The summed E-state index contributed by atoms with van der Waals surface area (Å²) in [5, 5.41) is 12.0. The van der Waals surface area contributed by atoms with Crippen LogP contribution in [0.1, 0.15) is 78.6 Å². The average molecular weight is 453 g/mol. The molecule has 3 heterocycles. The molecule has 3 fully saturated rings. The monoisotopic (exact) mass is 452 g/mol. The third kappa shape index (κ3) is 4.40. The van der Waals surface area contributed by atoms with Gasteiger partial charge in [-0.2, -0.15) is 0 Å². The second kappa shape index (κ2) is 10.5. The molecule has 182 valence electrons. The Morgan fingerprint density at radius 1 is 1.16 bits per heavy atom. The number of amides is 2. The minimum Gasteiger partial charge on any atom is -0.466 e. The van der Waals surface area contributed by atoms with Gasteiger partial charge in [-0.25, -0.2) is 0 Å². The van der Waals surface area contributed by atoms with Gasteiger partial charge in [-0.3, -0.25) is 14.4 Å². The van der Waals surface area contributed by atoms with E-state index in [-0.39, 0.29) is 25.0 Å². The number of carbonyl (C=O) groups is 3. The summed E-state index contributed by atoms with van der Waals surface area (Å²) in [7, 11) is 0. The second-order valence-electron chi connectivity index (χ2n) is 9.65. The van der Waals surface area contributed by atoms with Crippen molar-refractivity contribution >= 4 is 17.8 Å². The van der Waals surface area contributed by atoms with E-state index in [1.165, 1.54) is 0 Å². The lowest BCUT2D eigenvalue weighted by atomic mass is 9.66. The molecule has 2 amide bonds. The van der Waals surface area contributed by atoms with Crippen molar-refractivity contribution in [1.82, 2.24) is 10.2 Å². The van der Waals surface area contributed by atoms with Crippen LogP contribution in [0.4, 0.5) is 0 Å². The van der Waals surface area contributed by atoms with Crippen LogP contribution >= 0.6 is 0 Å². The number of aliphatic hydroxyl groups excluding tert-OH is 1. The molecule has 2 unspecified atom stereocenters. The topological polar surface area (TPSA) is 105 Å². The number of rotatable bonds is 13. The van der Waals surface area contributed by atoms with Crippen LogP contribution in [0.5, 0.6) is 0 Å². The fraction of sp³-hybridized carbons (Fsp3) is 0.875. The number of likely N-dealkylation sites (tertiary alicyclic amines) is 1. The second-order valence-corrected chi connectivity index (χ2v) is 9.65. The SMILES string of the molecule is CCCCCNC(=O)C1N(CCCCCCO)C(=O)[C@@H]2[C@H](C(=O)OCC)[C@]3(C)CCC12O3. The number of ether oxygens (including phenoxy) is 2. The Morgan fingerprint density at radius 2 is 1.91 bits per heavy atom. The van der Waals surface area contributed by atoms with E-state index in [1.54, 1.807) is 11.8 Å². The predicted molar refractivity (Wildman–Crippen MR) is 119 cm³/mol. The van der Waals surface area contributed by atoms with E-state index < -0.39 is 35.0 Å². The van der Waals surface area contributed by atoms with Gasteiger partial charge in [0.2, 0.25) is 11.8 Å². The Bertz CT molecular complexity index is 700. The fourth-order valence-corrected chi connectivity index (χ4v) is 5.99. The van der Waals surface area contributed by atoms with Gasteiger partial charge in [-0.05, 0) is 46.0 Å². The zero-order chi connectivity index (χ0) is 23.4. The molecule has 5 atom stereocenters. The number of esters is 1. The Hall–Kier alpha value is -1.67. The summed E-state index contributed by atoms with van der Waals surface area (Å²) in [6, 6.07) is -0.722. The summed E-state index contributed by atoms with van der Waals surface area (Å²) in [4.78, 5) is 41.6. The van der Waals surface area contributed by atoms with Gasteiger partial charge in [0, 0.05) is 19.7 Å². The van der Waals surface area contributed by atoms with Crippen molar-refractivity contribution in [1.29, 1.82) is 0 Å². The van der Waals surface area contributed by atoms with Crippen molar-refractivity contribution in [2.24, 2.45) is 11.8 Å². The molecule has 3 rings (SSSR count). The summed E-state index contributed by atoms with van der Waals surface area (Å²) in [5.41, 5.74) is -1.75. The Labute approximate surface area is 191 Å². The smallest absolute Gasteiger partial charge is 0.312 e. The molecule has 8 heteroatoms. The van der Waals surface area contributed by atoms with Gasteiger partial charge in [-0.15, -0.1) is 0 Å². The number of fused-ring (bicyclic) bond motifs is 1. The highest BCUT2D eigenvalue weighted by Crippen LogP contribution is 2.63. The van der Waals surface area contributed by atoms with E-state index in [1.807, 2.05) is 6.92 Å². The zero-order valence-corrected chi connectivity index (χ0v) is 19.9. The highest BCUT2D eigenvalue weighted by Gasteiger charge is 2.78. The van der Waals surface area contributed by atoms with Crippen LogP contribution in [0.3, 0.4) is 0 Å². The van der Waals surface area contributed by atoms with Crippen LogP contribution in [0.25, 0.3) is 0 Å². The van der Waals surface area contributed by atoms with Crippen LogP contribution in [-0.4, -0.2) is 71.3 Å². The Balaban J connectivity index is 1.84. The normalized spacial score (nSPS) is 32.9. The number of aliphatic hydroxyl groups is 1. The van der Waals surface area contributed by atoms with E-state index in [0.717, 1.165) is 44.9 Å².